The summed E-state index contributed by atoms with van der Waals surface area (Å²) in [4.78, 5) is 10.0. The van der Waals surface area contributed by atoms with Crippen molar-refractivity contribution in [1.82, 2.24) is 25.4 Å². The predicted molar refractivity (Wildman–Crippen MR) is 247 cm³/mol. The molecule has 0 spiro atoms. The van der Waals surface area contributed by atoms with E-state index in [2.05, 4.69) is 126 Å². The summed E-state index contributed by atoms with van der Waals surface area (Å²) in [6.07, 6.45) is 0. The number of hydrogen-bond donors (Lipinski definition) is 0. The second-order valence-corrected chi connectivity index (χ2v) is 16.1. The van der Waals surface area contributed by atoms with Gasteiger partial charge in [-0.2, -0.15) is 4.98 Å². The summed E-state index contributed by atoms with van der Waals surface area (Å²) in [5, 5.41) is 28.0. The summed E-state index contributed by atoms with van der Waals surface area (Å²) >= 11 is 1.52. The minimum Gasteiger partial charge on any atom is -0.456 e. The van der Waals surface area contributed by atoms with Gasteiger partial charge in [0.1, 0.15) is 27.8 Å². The molecule has 8 aromatic carbocycles. The molecule has 5 heterocycles. The van der Waals surface area contributed by atoms with E-state index >= 15 is 0 Å². The Balaban J connectivity index is 0.961. The topological polar surface area (TPSA) is 97.2 Å². The number of anilines is 6. The lowest BCUT2D eigenvalue weighted by atomic mass is 10.1. The highest BCUT2D eigenvalue weighted by atomic mass is 32.1. The van der Waals surface area contributed by atoms with Crippen molar-refractivity contribution in [1.29, 1.82) is 0 Å². The molecule has 5 aromatic heterocycles. The number of benzene rings is 8. The third-order valence-corrected chi connectivity index (χ3v) is 12.5. The van der Waals surface area contributed by atoms with E-state index in [0.29, 0.717) is 27.6 Å². The SMILES string of the molecule is c1ccc2cc(N(c3ccc4c(c3)oc3ccccc34)c3cc4sc5nc(N(c6ccc7ccccc7c6)c6ccc7c(c6)oc6ccccc67)nnc5c4nn3)ccc2c1. The molecule has 0 unspecified atom stereocenters. The van der Waals surface area contributed by atoms with Gasteiger partial charge in [0.05, 0.1) is 16.1 Å². The number of nitrogens with zero attached hydrogens (tertiary/aromatic N) is 7. The normalized spacial score (nSPS) is 11.9. The summed E-state index contributed by atoms with van der Waals surface area (Å²) in [6.45, 7) is 0. The molecule has 0 aliphatic rings. The number of furan rings is 2. The maximum Gasteiger partial charge on any atom is 0.255 e. The Kier molecular flexibility index (Phi) is 7.27. The summed E-state index contributed by atoms with van der Waals surface area (Å²) in [5.74, 6) is 1.07. The molecule has 9 nitrogen and oxygen atoms in total. The van der Waals surface area contributed by atoms with E-state index in [1.54, 1.807) is 0 Å². The number of hydrogen-bond acceptors (Lipinski definition) is 10. The summed E-state index contributed by atoms with van der Waals surface area (Å²) in [7, 11) is 0. The van der Waals surface area contributed by atoms with Gasteiger partial charge in [-0.1, -0.05) is 97.1 Å². The maximum atomic E-state index is 6.35. The molecule has 0 N–H and O–H groups in total. The molecule has 61 heavy (non-hydrogen) atoms. The van der Waals surface area contributed by atoms with Crippen LogP contribution in [0, 0.1) is 0 Å². The Bertz CT molecular complexity index is 3640. The molecule has 0 bridgehead atoms. The lowest BCUT2D eigenvalue weighted by Gasteiger charge is -2.24. The number of aromatic nitrogens is 5. The lowest BCUT2D eigenvalue weighted by Crippen LogP contribution is -2.14. The van der Waals surface area contributed by atoms with Gasteiger partial charge in [0.2, 0.25) is 0 Å². The van der Waals surface area contributed by atoms with E-state index in [-0.39, 0.29) is 0 Å². The van der Waals surface area contributed by atoms with E-state index in [1.165, 1.54) is 11.3 Å². The number of fused-ring (bicyclic) bond motifs is 11. The predicted octanol–water partition coefficient (Wildman–Crippen LogP) is 14.1. The van der Waals surface area contributed by atoms with Gasteiger partial charge in [-0.15, -0.1) is 31.7 Å². The first kappa shape index (κ1) is 33.7. The van der Waals surface area contributed by atoms with Crippen molar-refractivity contribution in [3.8, 4) is 0 Å². The van der Waals surface area contributed by atoms with Crippen molar-refractivity contribution in [2.24, 2.45) is 0 Å². The van der Waals surface area contributed by atoms with E-state index in [1.807, 2.05) is 59.5 Å². The molecule has 0 aliphatic carbocycles. The molecule has 0 saturated carbocycles. The van der Waals surface area contributed by atoms with E-state index in [4.69, 9.17) is 34.2 Å². The first-order chi connectivity index (χ1) is 30.2. The quantitative estimate of drug-likeness (QED) is 0.163. The summed E-state index contributed by atoms with van der Waals surface area (Å²) in [6, 6.07) is 60.3. The van der Waals surface area contributed by atoms with Gasteiger partial charge in [-0.3, -0.25) is 9.80 Å². The lowest BCUT2D eigenvalue weighted by molar-refractivity contribution is 0.668. The molecule has 0 aliphatic heterocycles. The van der Waals surface area contributed by atoms with Gasteiger partial charge in [-0.25, -0.2) is 0 Å². The van der Waals surface area contributed by atoms with Crippen LogP contribution in [0.1, 0.15) is 0 Å². The molecule has 13 rings (SSSR count). The minimum atomic E-state index is 0.426. The Labute approximate surface area is 350 Å². The van der Waals surface area contributed by atoms with Crippen molar-refractivity contribution in [3.05, 3.63) is 176 Å². The smallest absolute Gasteiger partial charge is 0.255 e. The van der Waals surface area contributed by atoms with Crippen LogP contribution in [0.15, 0.2) is 185 Å². The molecule has 0 saturated heterocycles. The molecule has 286 valence electrons. The van der Waals surface area contributed by atoms with Crippen molar-refractivity contribution in [3.63, 3.8) is 0 Å². The molecule has 0 radical (unpaired) electrons. The molecule has 10 heteroatoms. The van der Waals surface area contributed by atoms with Crippen LogP contribution in [0.2, 0.25) is 0 Å². The third kappa shape index (κ3) is 5.43. The first-order valence-electron chi connectivity index (χ1n) is 19.9. The van der Waals surface area contributed by atoms with Crippen molar-refractivity contribution in [2.45, 2.75) is 0 Å². The van der Waals surface area contributed by atoms with Gasteiger partial charge in [0, 0.05) is 51.1 Å². The highest BCUT2D eigenvalue weighted by molar-refractivity contribution is 7.25. The largest absolute Gasteiger partial charge is 0.456 e. The van der Waals surface area contributed by atoms with Crippen LogP contribution in [-0.4, -0.2) is 25.4 Å². The Morgan fingerprint density at radius 1 is 0.377 bits per heavy atom. The Morgan fingerprint density at radius 2 is 0.869 bits per heavy atom. The highest BCUT2D eigenvalue weighted by Crippen LogP contribution is 2.42. The molecule has 0 atom stereocenters. The van der Waals surface area contributed by atoms with Gasteiger partial charge in [0.15, 0.2) is 16.2 Å². The van der Waals surface area contributed by atoms with Crippen LogP contribution >= 0.6 is 11.3 Å². The average Bonchev–Trinajstić information content (AvgIpc) is 3.99. The van der Waals surface area contributed by atoms with Crippen molar-refractivity contribution >= 4 is 132 Å². The monoisotopic (exact) mass is 803 g/mol. The van der Waals surface area contributed by atoms with Crippen LogP contribution in [0.3, 0.4) is 0 Å². The molecule has 0 fully saturated rings. The van der Waals surface area contributed by atoms with Crippen LogP contribution in [0.5, 0.6) is 0 Å². The third-order valence-electron chi connectivity index (χ3n) is 11.5. The molecule has 0 amide bonds. The number of rotatable bonds is 6. The van der Waals surface area contributed by atoms with Gasteiger partial charge < -0.3 is 8.83 Å². The Hall–Kier alpha value is -8.21. The van der Waals surface area contributed by atoms with E-state index in [0.717, 1.165) is 92.9 Å². The fourth-order valence-corrected chi connectivity index (χ4v) is 9.54. The fraction of sp³-hybridized carbons (Fsp3) is 0. The van der Waals surface area contributed by atoms with Gasteiger partial charge >= 0.3 is 0 Å². The number of thiophene rings is 1. The van der Waals surface area contributed by atoms with Crippen LogP contribution in [0.4, 0.5) is 34.5 Å². The van der Waals surface area contributed by atoms with Gasteiger partial charge in [-0.05, 0) is 82.2 Å². The zero-order valence-corrected chi connectivity index (χ0v) is 32.9. The van der Waals surface area contributed by atoms with Crippen LogP contribution in [0.25, 0.3) is 86.0 Å². The van der Waals surface area contributed by atoms with Crippen LogP contribution in [-0.2, 0) is 0 Å². The van der Waals surface area contributed by atoms with Crippen LogP contribution < -0.4 is 9.80 Å². The molecular formula is C51H29N7O2S. The second-order valence-electron chi connectivity index (χ2n) is 15.1. The standard InChI is InChI=1S/C51H29N7O2S/c1-3-11-32-25-34(19-17-30(32)9-1)57(36-21-23-40-38-13-5-7-15-42(38)59-44(40)27-36)47-29-46-48(54-53-47)49-50(61-46)52-51(56-55-49)58(35-20-18-31-10-2-4-12-33(31)26-35)37-22-24-41-39-14-6-8-16-43(39)60-45(41)28-37/h1-29H. The fourth-order valence-electron chi connectivity index (χ4n) is 8.57. The van der Waals surface area contributed by atoms with Gasteiger partial charge in [0.25, 0.3) is 5.95 Å². The summed E-state index contributed by atoms with van der Waals surface area (Å²) < 4.78 is 13.6. The zero-order chi connectivity index (χ0) is 40.0. The highest BCUT2D eigenvalue weighted by Gasteiger charge is 2.23. The number of para-hydroxylation sites is 2. The summed E-state index contributed by atoms with van der Waals surface area (Å²) in [5.41, 5.74) is 8.07. The van der Waals surface area contributed by atoms with E-state index < -0.39 is 0 Å². The van der Waals surface area contributed by atoms with E-state index in [9.17, 15) is 0 Å². The molecule has 13 aromatic rings. The van der Waals surface area contributed by atoms with Crippen molar-refractivity contribution < 1.29 is 8.83 Å². The zero-order valence-electron chi connectivity index (χ0n) is 32.1. The maximum absolute atomic E-state index is 6.35. The minimum absolute atomic E-state index is 0.426. The second kappa shape index (κ2) is 13.2. The van der Waals surface area contributed by atoms with Crippen molar-refractivity contribution in [2.75, 3.05) is 9.80 Å². The molecular weight excluding hydrogens is 775 g/mol. The average molecular weight is 804 g/mol. The Morgan fingerprint density at radius 3 is 1.51 bits per heavy atom. The first-order valence-corrected chi connectivity index (χ1v) is 20.7.